The van der Waals surface area contributed by atoms with Crippen molar-refractivity contribution in [3.63, 3.8) is 0 Å². The van der Waals surface area contributed by atoms with Gasteiger partial charge in [-0.1, -0.05) is 18.5 Å². The van der Waals surface area contributed by atoms with Crippen molar-refractivity contribution < 1.29 is 14.3 Å². The van der Waals surface area contributed by atoms with E-state index in [4.69, 9.17) is 21.1 Å². The Morgan fingerprint density at radius 1 is 1.31 bits per heavy atom. The van der Waals surface area contributed by atoms with Crippen LogP contribution < -0.4 is 4.74 Å². The van der Waals surface area contributed by atoms with Crippen LogP contribution in [0.1, 0.15) is 23.7 Å². The van der Waals surface area contributed by atoms with E-state index in [1.165, 1.54) is 0 Å². The molecule has 1 aromatic rings. The van der Waals surface area contributed by atoms with E-state index in [9.17, 15) is 4.79 Å². The van der Waals surface area contributed by atoms with E-state index in [1.54, 1.807) is 25.3 Å². The van der Waals surface area contributed by atoms with E-state index in [2.05, 4.69) is 0 Å². The van der Waals surface area contributed by atoms with Crippen LogP contribution in [0.15, 0.2) is 18.2 Å². The number of hydrogen-bond acceptors (Lipinski definition) is 3. The zero-order valence-electron chi connectivity index (χ0n) is 9.46. The van der Waals surface area contributed by atoms with E-state index in [-0.39, 0.29) is 5.78 Å². The highest BCUT2D eigenvalue weighted by atomic mass is 35.5. The van der Waals surface area contributed by atoms with Gasteiger partial charge in [0, 0.05) is 24.1 Å². The Kier molecular flexibility index (Phi) is 5.29. The van der Waals surface area contributed by atoms with Crippen LogP contribution in [0.25, 0.3) is 0 Å². The van der Waals surface area contributed by atoms with Crippen molar-refractivity contribution in [2.45, 2.75) is 13.3 Å². The van der Waals surface area contributed by atoms with Gasteiger partial charge < -0.3 is 9.47 Å². The summed E-state index contributed by atoms with van der Waals surface area (Å²) in [5, 5.41) is 0.506. The van der Waals surface area contributed by atoms with Crippen LogP contribution in [0.5, 0.6) is 5.75 Å². The summed E-state index contributed by atoms with van der Waals surface area (Å²) in [6, 6.07) is 5.04. The first-order valence-corrected chi connectivity index (χ1v) is 5.50. The summed E-state index contributed by atoms with van der Waals surface area (Å²) < 4.78 is 10.3. The van der Waals surface area contributed by atoms with Crippen LogP contribution in [0.2, 0.25) is 5.02 Å². The Labute approximate surface area is 100 Å². The third-order valence-corrected chi connectivity index (χ3v) is 2.29. The normalized spacial score (nSPS) is 10.2. The largest absolute Gasteiger partial charge is 0.491 e. The van der Waals surface area contributed by atoms with Gasteiger partial charge in [-0.15, -0.1) is 0 Å². The predicted molar refractivity (Wildman–Crippen MR) is 63.4 cm³/mol. The van der Waals surface area contributed by atoms with Crippen LogP contribution >= 0.6 is 11.6 Å². The minimum Gasteiger partial charge on any atom is -0.491 e. The Morgan fingerprint density at radius 2 is 2.06 bits per heavy atom. The Morgan fingerprint density at radius 3 is 2.69 bits per heavy atom. The Balaban J connectivity index is 2.77. The van der Waals surface area contributed by atoms with Crippen LogP contribution in [0.3, 0.4) is 0 Å². The second-order valence-corrected chi connectivity index (χ2v) is 3.73. The molecule has 4 heteroatoms. The first-order valence-electron chi connectivity index (χ1n) is 5.13. The molecule has 0 fully saturated rings. The lowest BCUT2D eigenvalue weighted by molar-refractivity contribution is 0.0987. The van der Waals surface area contributed by atoms with Crippen LogP contribution in [-0.4, -0.2) is 26.1 Å². The van der Waals surface area contributed by atoms with Crippen molar-refractivity contribution in [2.75, 3.05) is 20.3 Å². The molecule has 1 rings (SSSR count). The number of carbonyl (C=O) groups is 1. The molecule has 0 N–H and O–H groups in total. The van der Waals surface area contributed by atoms with Crippen LogP contribution in [0.4, 0.5) is 0 Å². The molecule has 0 aliphatic heterocycles. The fourth-order valence-electron chi connectivity index (χ4n) is 1.25. The highest BCUT2D eigenvalue weighted by Crippen LogP contribution is 2.22. The van der Waals surface area contributed by atoms with Crippen molar-refractivity contribution in [3.05, 3.63) is 28.8 Å². The molecule has 0 saturated carbocycles. The molecule has 16 heavy (non-hydrogen) atoms. The summed E-state index contributed by atoms with van der Waals surface area (Å²) in [5.41, 5.74) is 0.586. The number of hydrogen-bond donors (Lipinski definition) is 0. The summed E-state index contributed by atoms with van der Waals surface area (Å²) in [6.45, 7) is 2.76. The zero-order chi connectivity index (χ0) is 12.0. The van der Waals surface area contributed by atoms with Gasteiger partial charge >= 0.3 is 0 Å². The van der Waals surface area contributed by atoms with Crippen molar-refractivity contribution >= 4 is 17.4 Å². The fourth-order valence-corrected chi connectivity index (χ4v) is 1.48. The summed E-state index contributed by atoms with van der Waals surface area (Å²) in [6.07, 6.45) is 0.456. The van der Waals surface area contributed by atoms with E-state index in [1.807, 2.05) is 6.92 Å². The van der Waals surface area contributed by atoms with Crippen molar-refractivity contribution in [3.8, 4) is 5.75 Å². The lowest BCUT2D eigenvalue weighted by atomic mass is 10.1. The van der Waals surface area contributed by atoms with Gasteiger partial charge in [-0.3, -0.25) is 4.79 Å². The van der Waals surface area contributed by atoms with E-state index in [0.717, 1.165) is 0 Å². The number of halogens is 1. The maximum Gasteiger partial charge on any atom is 0.162 e. The number of carbonyl (C=O) groups excluding carboxylic acids is 1. The minimum atomic E-state index is 0.0547. The molecule has 0 amide bonds. The lowest BCUT2D eigenvalue weighted by Gasteiger charge is -2.07. The number of benzene rings is 1. The van der Waals surface area contributed by atoms with Crippen LogP contribution in [0, 0.1) is 0 Å². The molecule has 0 unspecified atom stereocenters. The molecule has 0 aliphatic carbocycles. The zero-order valence-corrected chi connectivity index (χ0v) is 10.2. The second kappa shape index (κ2) is 6.51. The first kappa shape index (κ1) is 13.0. The summed E-state index contributed by atoms with van der Waals surface area (Å²) in [5.74, 6) is 0.653. The van der Waals surface area contributed by atoms with Gasteiger partial charge in [0.15, 0.2) is 5.78 Å². The molecule has 3 nitrogen and oxygen atoms in total. The molecule has 0 aromatic heterocycles. The molecule has 1 aromatic carbocycles. The van der Waals surface area contributed by atoms with Gasteiger partial charge in [0.1, 0.15) is 12.4 Å². The Bertz CT molecular complexity index is 363. The maximum atomic E-state index is 11.5. The van der Waals surface area contributed by atoms with Crippen LogP contribution in [-0.2, 0) is 4.74 Å². The number of ketones is 1. The van der Waals surface area contributed by atoms with Crippen molar-refractivity contribution in [2.24, 2.45) is 0 Å². The molecular weight excluding hydrogens is 228 g/mol. The smallest absolute Gasteiger partial charge is 0.162 e. The number of rotatable bonds is 6. The van der Waals surface area contributed by atoms with Crippen molar-refractivity contribution in [1.82, 2.24) is 0 Å². The molecular formula is C12H15ClO3. The highest BCUT2D eigenvalue weighted by molar-refractivity contribution is 6.31. The van der Waals surface area contributed by atoms with Gasteiger partial charge in [-0.05, 0) is 18.2 Å². The average molecular weight is 243 g/mol. The molecule has 0 heterocycles. The number of methoxy groups -OCH3 is 1. The molecule has 0 bridgehead atoms. The third kappa shape index (κ3) is 3.83. The first-order chi connectivity index (χ1) is 7.67. The van der Waals surface area contributed by atoms with Gasteiger partial charge in [-0.2, -0.15) is 0 Å². The molecule has 0 atom stereocenters. The van der Waals surface area contributed by atoms with Gasteiger partial charge in [0.05, 0.1) is 6.61 Å². The fraction of sp³-hybridized carbons (Fsp3) is 0.417. The molecule has 0 radical (unpaired) electrons. The minimum absolute atomic E-state index is 0.0547. The SMILES string of the molecule is CCC(=O)c1cc(Cl)cc(OCCOC)c1. The molecule has 0 saturated heterocycles. The van der Waals surface area contributed by atoms with Crippen molar-refractivity contribution in [1.29, 1.82) is 0 Å². The topological polar surface area (TPSA) is 35.5 Å². The number of Topliss-reactive ketones (excluding diaryl/α,β-unsaturated/α-hetero) is 1. The molecule has 0 spiro atoms. The standard InChI is InChI=1S/C12H15ClO3/c1-3-12(14)9-6-10(13)8-11(7-9)16-5-4-15-2/h6-8H,3-5H2,1-2H3. The monoisotopic (exact) mass is 242 g/mol. The van der Waals surface area contributed by atoms with Gasteiger partial charge in [0.25, 0.3) is 0 Å². The summed E-state index contributed by atoms with van der Waals surface area (Å²) >= 11 is 5.90. The van der Waals surface area contributed by atoms with E-state index >= 15 is 0 Å². The van der Waals surface area contributed by atoms with Gasteiger partial charge in [0.2, 0.25) is 0 Å². The number of ether oxygens (including phenoxy) is 2. The van der Waals surface area contributed by atoms with Gasteiger partial charge in [-0.25, -0.2) is 0 Å². The highest BCUT2D eigenvalue weighted by Gasteiger charge is 2.06. The lowest BCUT2D eigenvalue weighted by Crippen LogP contribution is -2.05. The van der Waals surface area contributed by atoms with E-state index in [0.29, 0.717) is 36.0 Å². The second-order valence-electron chi connectivity index (χ2n) is 3.29. The summed E-state index contributed by atoms with van der Waals surface area (Å²) in [4.78, 5) is 11.5. The maximum absolute atomic E-state index is 11.5. The average Bonchev–Trinajstić information content (AvgIpc) is 2.27. The summed E-state index contributed by atoms with van der Waals surface area (Å²) in [7, 11) is 1.60. The Hall–Kier alpha value is -1.06. The predicted octanol–water partition coefficient (Wildman–Crippen LogP) is 2.96. The molecule has 88 valence electrons. The van der Waals surface area contributed by atoms with E-state index < -0.39 is 0 Å². The quantitative estimate of drug-likeness (QED) is 0.568. The third-order valence-electron chi connectivity index (χ3n) is 2.07. The molecule has 0 aliphatic rings.